The van der Waals surface area contributed by atoms with E-state index in [0.717, 1.165) is 0 Å². The van der Waals surface area contributed by atoms with Crippen LogP contribution in [0.4, 0.5) is 11.5 Å². The molecule has 1 aromatic rings. The molecule has 0 saturated heterocycles. The lowest BCUT2D eigenvalue weighted by atomic mass is 10.5. The molecule has 0 fully saturated rings. The van der Waals surface area contributed by atoms with Crippen molar-refractivity contribution in [2.45, 2.75) is 20.0 Å². The third-order valence-electron chi connectivity index (χ3n) is 1.25. The standard InChI is InChI=1S/C7H13N3O/c1-5(2)11-10-4-3-6(8)7(10)9/h3-5H,8-9H2,1-2H3. The Kier molecular flexibility index (Phi) is 1.94. The van der Waals surface area contributed by atoms with Crippen molar-refractivity contribution in [2.24, 2.45) is 0 Å². The Morgan fingerprint density at radius 1 is 1.45 bits per heavy atom. The van der Waals surface area contributed by atoms with Crippen LogP contribution in [0, 0.1) is 0 Å². The van der Waals surface area contributed by atoms with Crippen LogP contribution in [0.2, 0.25) is 0 Å². The topological polar surface area (TPSA) is 66.2 Å². The summed E-state index contributed by atoms with van der Waals surface area (Å²) in [6.07, 6.45) is 1.80. The van der Waals surface area contributed by atoms with E-state index in [1.807, 2.05) is 13.8 Å². The van der Waals surface area contributed by atoms with Gasteiger partial charge in [0, 0.05) is 6.20 Å². The second-order valence-corrected chi connectivity index (χ2v) is 2.64. The number of hydrogen-bond donors (Lipinski definition) is 2. The van der Waals surface area contributed by atoms with Crippen molar-refractivity contribution in [3.63, 3.8) is 0 Å². The molecule has 62 valence electrons. The predicted molar refractivity (Wildman–Crippen MR) is 45.0 cm³/mol. The Hall–Kier alpha value is -1.32. The highest BCUT2D eigenvalue weighted by Crippen LogP contribution is 2.13. The molecule has 0 unspecified atom stereocenters. The fourth-order valence-corrected chi connectivity index (χ4v) is 0.760. The van der Waals surface area contributed by atoms with Gasteiger partial charge in [-0.1, -0.05) is 0 Å². The molecule has 0 bridgehead atoms. The Bertz CT molecular complexity index is 242. The predicted octanol–water partition coefficient (Wildman–Crippen LogP) is 0.490. The minimum Gasteiger partial charge on any atom is -0.410 e. The van der Waals surface area contributed by atoms with Crippen molar-refractivity contribution < 1.29 is 4.84 Å². The van der Waals surface area contributed by atoms with E-state index < -0.39 is 0 Å². The van der Waals surface area contributed by atoms with Gasteiger partial charge in [0.05, 0.1) is 5.69 Å². The maximum atomic E-state index is 5.56. The van der Waals surface area contributed by atoms with Crippen LogP contribution in [-0.2, 0) is 0 Å². The SMILES string of the molecule is CC(C)On1ccc(N)c1N. The minimum atomic E-state index is 0.101. The molecule has 0 spiro atoms. The first kappa shape index (κ1) is 7.78. The number of hydrogen-bond acceptors (Lipinski definition) is 3. The van der Waals surface area contributed by atoms with Crippen molar-refractivity contribution in [3.8, 4) is 0 Å². The van der Waals surface area contributed by atoms with Gasteiger partial charge in [-0.3, -0.25) is 0 Å². The van der Waals surface area contributed by atoms with Gasteiger partial charge in [-0.05, 0) is 19.9 Å². The molecular formula is C7H13N3O. The highest BCUT2D eigenvalue weighted by atomic mass is 16.7. The summed E-state index contributed by atoms with van der Waals surface area (Å²) in [7, 11) is 0. The highest BCUT2D eigenvalue weighted by molar-refractivity contribution is 5.58. The lowest BCUT2D eigenvalue weighted by Gasteiger charge is -2.11. The summed E-state index contributed by atoms with van der Waals surface area (Å²) in [5.74, 6) is 0.457. The van der Waals surface area contributed by atoms with Crippen LogP contribution in [0.15, 0.2) is 12.3 Å². The molecule has 0 aromatic carbocycles. The molecule has 0 amide bonds. The molecular weight excluding hydrogens is 142 g/mol. The van der Waals surface area contributed by atoms with E-state index in [1.54, 1.807) is 12.3 Å². The first-order valence-corrected chi connectivity index (χ1v) is 3.50. The van der Waals surface area contributed by atoms with Crippen LogP contribution < -0.4 is 16.3 Å². The van der Waals surface area contributed by atoms with Crippen LogP contribution >= 0.6 is 0 Å². The molecule has 1 heterocycles. The average Bonchev–Trinajstić information content (AvgIpc) is 2.18. The zero-order chi connectivity index (χ0) is 8.43. The van der Waals surface area contributed by atoms with E-state index in [1.165, 1.54) is 4.73 Å². The van der Waals surface area contributed by atoms with Crippen LogP contribution in [-0.4, -0.2) is 10.8 Å². The highest BCUT2D eigenvalue weighted by Gasteiger charge is 2.03. The van der Waals surface area contributed by atoms with Crippen molar-refractivity contribution in [1.29, 1.82) is 0 Å². The zero-order valence-electron chi connectivity index (χ0n) is 6.74. The molecule has 0 saturated carbocycles. The van der Waals surface area contributed by atoms with Crippen LogP contribution in [0.1, 0.15) is 13.8 Å². The third kappa shape index (κ3) is 1.58. The minimum absolute atomic E-state index is 0.101. The van der Waals surface area contributed by atoms with Gasteiger partial charge in [-0.15, -0.1) is 0 Å². The summed E-state index contributed by atoms with van der Waals surface area (Å²) in [4.78, 5) is 5.28. The van der Waals surface area contributed by atoms with Crippen LogP contribution in [0.5, 0.6) is 0 Å². The Labute approximate surface area is 65.7 Å². The van der Waals surface area contributed by atoms with Gasteiger partial charge in [-0.25, -0.2) is 0 Å². The number of nitrogen functional groups attached to an aromatic ring is 2. The lowest BCUT2D eigenvalue weighted by molar-refractivity contribution is 0.0647. The molecule has 0 aliphatic carbocycles. The Morgan fingerprint density at radius 3 is 2.45 bits per heavy atom. The summed E-state index contributed by atoms with van der Waals surface area (Å²) in [5.41, 5.74) is 11.6. The molecule has 4 heteroatoms. The Balaban J connectivity index is 2.79. The summed E-state index contributed by atoms with van der Waals surface area (Å²) < 4.78 is 1.47. The second kappa shape index (κ2) is 2.74. The molecule has 0 aliphatic rings. The van der Waals surface area contributed by atoms with Gasteiger partial charge in [0.2, 0.25) is 0 Å². The number of aromatic nitrogens is 1. The number of nitrogens with zero attached hydrogens (tertiary/aromatic N) is 1. The van der Waals surface area contributed by atoms with E-state index in [2.05, 4.69) is 0 Å². The first-order chi connectivity index (χ1) is 5.11. The fraction of sp³-hybridized carbons (Fsp3) is 0.429. The summed E-state index contributed by atoms with van der Waals surface area (Å²) in [6, 6.07) is 1.71. The smallest absolute Gasteiger partial charge is 0.162 e. The number of anilines is 2. The Morgan fingerprint density at radius 2 is 2.09 bits per heavy atom. The van der Waals surface area contributed by atoms with Crippen LogP contribution in [0.25, 0.3) is 0 Å². The van der Waals surface area contributed by atoms with E-state index in [4.69, 9.17) is 16.3 Å². The van der Waals surface area contributed by atoms with Crippen molar-refractivity contribution in [3.05, 3.63) is 12.3 Å². The second-order valence-electron chi connectivity index (χ2n) is 2.64. The normalized spacial score (nSPS) is 10.5. The summed E-state index contributed by atoms with van der Waals surface area (Å²) >= 11 is 0. The van der Waals surface area contributed by atoms with Crippen LogP contribution in [0.3, 0.4) is 0 Å². The van der Waals surface area contributed by atoms with Gasteiger partial charge in [0.15, 0.2) is 5.82 Å². The van der Waals surface area contributed by atoms with E-state index in [9.17, 15) is 0 Å². The molecule has 4 N–H and O–H groups in total. The third-order valence-corrected chi connectivity index (χ3v) is 1.25. The molecule has 0 atom stereocenters. The van der Waals surface area contributed by atoms with E-state index in [-0.39, 0.29) is 6.10 Å². The van der Waals surface area contributed by atoms with Gasteiger partial charge < -0.3 is 16.3 Å². The first-order valence-electron chi connectivity index (χ1n) is 3.50. The van der Waals surface area contributed by atoms with Gasteiger partial charge in [-0.2, -0.15) is 4.73 Å². The van der Waals surface area contributed by atoms with E-state index >= 15 is 0 Å². The monoisotopic (exact) mass is 155 g/mol. The molecule has 4 nitrogen and oxygen atoms in total. The molecule has 1 rings (SSSR count). The van der Waals surface area contributed by atoms with Crippen molar-refractivity contribution in [1.82, 2.24) is 4.73 Å². The zero-order valence-corrected chi connectivity index (χ0v) is 6.74. The number of nitrogens with two attached hydrogens (primary N) is 2. The average molecular weight is 155 g/mol. The molecule has 11 heavy (non-hydrogen) atoms. The maximum absolute atomic E-state index is 5.56. The summed E-state index contributed by atoms with van der Waals surface area (Å²) in [6.45, 7) is 3.85. The van der Waals surface area contributed by atoms with Gasteiger partial charge in [0.1, 0.15) is 6.10 Å². The molecule has 1 aromatic heterocycles. The van der Waals surface area contributed by atoms with Gasteiger partial charge >= 0.3 is 0 Å². The van der Waals surface area contributed by atoms with Crippen molar-refractivity contribution in [2.75, 3.05) is 11.5 Å². The lowest BCUT2D eigenvalue weighted by Crippen LogP contribution is -2.19. The van der Waals surface area contributed by atoms with Gasteiger partial charge in [0.25, 0.3) is 0 Å². The molecule has 0 aliphatic heterocycles. The number of rotatable bonds is 2. The van der Waals surface area contributed by atoms with E-state index in [0.29, 0.717) is 11.5 Å². The molecule has 0 radical (unpaired) electrons. The van der Waals surface area contributed by atoms with Crippen molar-refractivity contribution >= 4 is 11.5 Å². The maximum Gasteiger partial charge on any atom is 0.162 e. The summed E-state index contributed by atoms with van der Waals surface area (Å²) in [5, 5.41) is 0. The quantitative estimate of drug-likeness (QED) is 0.653. The fourth-order valence-electron chi connectivity index (χ4n) is 0.760. The largest absolute Gasteiger partial charge is 0.410 e.